The van der Waals surface area contributed by atoms with Gasteiger partial charge in [0, 0.05) is 24.8 Å². The molecule has 0 N–H and O–H groups in total. The summed E-state index contributed by atoms with van der Waals surface area (Å²) in [5.41, 5.74) is 1.61. The average molecular weight is 388 g/mol. The van der Waals surface area contributed by atoms with E-state index in [1.54, 1.807) is 36.5 Å². The van der Waals surface area contributed by atoms with E-state index < -0.39 is 10.1 Å². The number of rotatable bonds is 6. The van der Waals surface area contributed by atoms with Crippen molar-refractivity contribution in [2.45, 2.75) is 31.6 Å². The first kappa shape index (κ1) is 19.5. The van der Waals surface area contributed by atoms with E-state index in [1.807, 2.05) is 13.0 Å². The van der Waals surface area contributed by atoms with Crippen LogP contribution >= 0.6 is 0 Å². The van der Waals surface area contributed by atoms with E-state index in [1.165, 1.54) is 6.92 Å². The quantitative estimate of drug-likeness (QED) is 0.559. The number of Topliss-reactive ketones (excluding diaryl/α,β-unsaturated/α-hetero) is 1. The first-order chi connectivity index (χ1) is 12.8. The third-order valence-electron chi connectivity index (χ3n) is 4.86. The predicted octanol–water partition coefficient (Wildman–Crippen LogP) is 3.21. The van der Waals surface area contributed by atoms with Gasteiger partial charge < -0.3 is 4.90 Å². The molecule has 0 unspecified atom stereocenters. The van der Waals surface area contributed by atoms with Crippen LogP contribution in [0.1, 0.15) is 35.7 Å². The molecule has 2 aromatic rings. The van der Waals surface area contributed by atoms with E-state index in [0.717, 1.165) is 37.3 Å². The second kappa shape index (κ2) is 8.19. The van der Waals surface area contributed by atoms with Gasteiger partial charge in [0.05, 0.1) is 11.5 Å². The molecule has 1 aromatic carbocycles. The lowest BCUT2D eigenvalue weighted by atomic mass is 9.98. The molecular formula is C20H24N2O4S. The van der Waals surface area contributed by atoms with E-state index in [-0.39, 0.29) is 23.2 Å². The van der Waals surface area contributed by atoms with Crippen LogP contribution in [0.5, 0.6) is 0 Å². The second-order valence-corrected chi connectivity index (χ2v) is 8.56. The molecule has 1 saturated heterocycles. The van der Waals surface area contributed by atoms with Gasteiger partial charge in [-0.2, -0.15) is 8.42 Å². The zero-order chi connectivity index (χ0) is 19.4. The van der Waals surface area contributed by atoms with E-state index in [2.05, 4.69) is 9.88 Å². The van der Waals surface area contributed by atoms with Crippen LogP contribution in [0.15, 0.2) is 47.5 Å². The summed E-state index contributed by atoms with van der Waals surface area (Å²) in [6.07, 6.45) is 3.26. The number of anilines is 1. The van der Waals surface area contributed by atoms with Gasteiger partial charge in [0.15, 0.2) is 5.78 Å². The molecule has 144 valence electrons. The van der Waals surface area contributed by atoms with Crippen molar-refractivity contribution < 1.29 is 17.4 Å². The molecule has 27 heavy (non-hydrogen) atoms. The summed E-state index contributed by atoms with van der Waals surface area (Å²) in [4.78, 5) is 18.0. The summed E-state index contributed by atoms with van der Waals surface area (Å²) in [5.74, 6) is 1.03. The molecule has 0 atom stereocenters. The van der Waals surface area contributed by atoms with Gasteiger partial charge in [0.25, 0.3) is 10.1 Å². The Morgan fingerprint density at radius 2 is 1.81 bits per heavy atom. The Morgan fingerprint density at radius 1 is 1.15 bits per heavy atom. The first-order valence-electron chi connectivity index (χ1n) is 9.03. The number of nitrogens with zero attached hydrogens (tertiary/aromatic N) is 2. The molecule has 1 fully saturated rings. The molecule has 3 rings (SSSR count). The molecule has 1 aliphatic rings. The van der Waals surface area contributed by atoms with Crippen molar-refractivity contribution in [3.63, 3.8) is 0 Å². The van der Waals surface area contributed by atoms with Crippen molar-refractivity contribution in [1.29, 1.82) is 0 Å². The Morgan fingerprint density at radius 3 is 2.37 bits per heavy atom. The van der Waals surface area contributed by atoms with Crippen LogP contribution in [0.25, 0.3) is 0 Å². The summed E-state index contributed by atoms with van der Waals surface area (Å²) >= 11 is 0. The molecule has 1 aliphatic heterocycles. The fourth-order valence-corrected chi connectivity index (χ4v) is 4.05. The van der Waals surface area contributed by atoms with E-state index >= 15 is 0 Å². The minimum Gasteiger partial charge on any atom is -0.357 e. The third-order valence-corrected chi connectivity index (χ3v) is 6.16. The van der Waals surface area contributed by atoms with Gasteiger partial charge in [-0.05, 0) is 56.9 Å². The minimum absolute atomic E-state index is 0.000284. The van der Waals surface area contributed by atoms with Gasteiger partial charge in [-0.1, -0.05) is 17.7 Å². The second-order valence-electron chi connectivity index (χ2n) is 6.94. The molecule has 0 amide bonds. The number of hydrogen-bond acceptors (Lipinski definition) is 6. The molecule has 1 aromatic heterocycles. The van der Waals surface area contributed by atoms with Crippen molar-refractivity contribution in [2.24, 2.45) is 5.92 Å². The number of benzene rings is 1. The summed E-state index contributed by atoms with van der Waals surface area (Å²) in [6.45, 7) is 5.19. The minimum atomic E-state index is -3.71. The van der Waals surface area contributed by atoms with Crippen molar-refractivity contribution >= 4 is 21.7 Å². The smallest absolute Gasteiger partial charge is 0.296 e. The van der Waals surface area contributed by atoms with Crippen LogP contribution in [-0.4, -0.2) is 38.9 Å². The number of carbonyl (C=O) groups excluding carboxylic acids is 1. The monoisotopic (exact) mass is 388 g/mol. The Labute approximate surface area is 160 Å². The number of pyridine rings is 1. The molecule has 0 saturated carbocycles. The highest BCUT2D eigenvalue weighted by Crippen LogP contribution is 2.24. The molecule has 7 heteroatoms. The van der Waals surface area contributed by atoms with Crippen molar-refractivity contribution in [3.8, 4) is 0 Å². The van der Waals surface area contributed by atoms with Crippen LogP contribution in [0.4, 0.5) is 5.82 Å². The largest absolute Gasteiger partial charge is 0.357 e. The summed E-state index contributed by atoms with van der Waals surface area (Å²) < 4.78 is 29.9. The number of aryl methyl sites for hydroxylation is 1. The van der Waals surface area contributed by atoms with Gasteiger partial charge in [-0.15, -0.1) is 0 Å². The lowest BCUT2D eigenvalue weighted by Crippen LogP contribution is -2.35. The lowest BCUT2D eigenvalue weighted by Gasteiger charge is -2.32. The number of piperidine rings is 1. The van der Waals surface area contributed by atoms with Crippen LogP contribution in [0.2, 0.25) is 0 Å². The third kappa shape index (κ3) is 4.93. The zero-order valence-corrected chi connectivity index (χ0v) is 16.4. The predicted molar refractivity (Wildman–Crippen MR) is 103 cm³/mol. The van der Waals surface area contributed by atoms with E-state index in [0.29, 0.717) is 5.56 Å². The number of hydrogen-bond donors (Lipinski definition) is 0. The van der Waals surface area contributed by atoms with Gasteiger partial charge in [-0.25, -0.2) is 4.98 Å². The normalized spacial score (nSPS) is 15.7. The summed E-state index contributed by atoms with van der Waals surface area (Å²) in [7, 11) is -3.71. The van der Waals surface area contributed by atoms with Crippen LogP contribution < -0.4 is 4.90 Å². The zero-order valence-electron chi connectivity index (χ0n) is 15.6. The van der Waals surface area contributed by atoms with Crippen LogP contribution in [0.3, 0.4) is 0 Å². The Balaban J connectivity index is 1.52. The Hall–Kier alpha value is -2.25. The highest BCUT2D eigenvalue weighted by Gasteiger charge is 2.23. The molecule has 0 bridgehead atoms. The summed E-state index contributed by atoms with van der Waals surface area (Å²) in [5, 5.41) is 0. The fraction of sp³-hybridized carbons (Fsp3) is 0.400. The van der Waals surface area contributed by atoms with Crippen molar-refractivity contribution in [3.05, 3.63) is 53.7 Å². The first-order valence-corrected chi connectivity index (χ1v) is 10.4. The maximum Gasteiger partial charge on any atom is 0.296 e. The molecule has 6 nitrogen and oxygen atoms in total. The number of aromatic nitrogens is 1. The fourth-order valence-electron chi connectivity index (χ4n) is 3.07. The van der Waals surface area contributed by atoms with Gasteiger partial charge in [0.2, 0.25) is 0 Å². The molecular weight excluding hydrogens is 364 g/mol. The highest BCUT2D eigenvalue weighted by molar-refractivity contribution is 7.86. The maximum atomic E-state index is 12.3. The molecule has 0 spiro atoms. The Kier molecular flexibility index (Phi) is 5.92. The molecule has 0 radical (unpaired) electrons. The number of carbonyl (C=O) groups is 1. The van der Waals surface area contributed by atoms with Crippen molar-refractivity contribution in [2.75, 3.05) is 24.6 Å². The van der Waals surface area contributed by atoms with E-state index in [9.17, 15) is 13.2 Å². The standard InChI is InChI=1S/C20H24N2O4S/c1-15-3-6-19(7-4-15)27(24,25)26-14-17-9-11-22(12-10-17)20-8-5-18(13-21-20)16(2)23/h3-8,13,17H,9-12,14H2,1-2H3. The van der Waals surface area contributed by atoms with E-state index in [4.69, 9.17) is 4.18 Å². The number of ketones is 1. The van der Waals surface area contributed by atoms with Crippen LogP contribution in [-0.2, 0) is 14.3 Å². The average Bonchev–Trinajstić information content (AvgIpc) is 2.67. The van der Waals surface area contributed by atoms with Gasteiger partial charge in [0.1, 0.15) is 5.82 Å². The Bertz CT molecular complexity index is 885. The van der Waals surface area contributed by atoms with Crippen LogP contribution in [0, 0.1) is 12.8 Å². The molecule has 2 heterocycles. The maximum absolute atomic E-state index is 12.3. The topological polar surface area (TPSA) is 76.6 Å². The van der Waals surface area contributed by atoms with Gasteiger partial charge >= 0.3 is 0 Å². The summed E-state index contributed by atoms with van der Waals surface area (Å²) in [6, 6.07) is 10.3. The molecule has 0 aliphatic carbocycles. The van der Waals surface area contributed by atoms with Gasteiger partial charge in [-0.3, -0.25) is 8.98 Å². The highest BCUT2D eigenvalue weighted by atomic mass is 32.2. The van der Waals surface area contributed by atoms with Crippen molar-refractivity contribution in [1.82, 2.24) is 4.98 Å². The lowest BCUT2D eigenvalue weighted by molar-refractivity contribution is 0.101. The SMILES string of the molecule is CC(=O)c1ccc(N2CCC(COS(=O)(=O)c3ccc(C)cc3)CC2)nc1.